The number of nitrogens with two attached hydrogens (primary N) is 1. The third-order valence-corrected chi connectivity index (χ3v) is 4.21. The molecule has 1 atom stereocenters. The molecule has 0 aliphatic heterocycles. The largest absolute Gasteiger partial charge is 0.481 e. The Bertz CT molecular complexity index is 821. The lowest BCUT2D eigenvalue weighted by molar-refractivity contribution is -0.139. The highest BCUT2D eigenvalue weighted by Crippen LogP contribution is 2.23. The van der Waals surface area contributed by atoms with Crippen LogP contribution in [0.2, 0.25) is 5.02 Å². The number of benzene rings is 2. The van der Waals surface area contributed by atoms with E-state index in [9.17, 15) is 14.4 Å². The molecule has 4 N–H and O–H groups in total. The van der Waals surface area contributed by atoms with E-state index in [1.807, 2.05) is 42.5 Å². The summed E-state index contributed by atoms with van der Waals surface area (Å²) in [4.78, 5) is 33.7. The van der Waals surface area contributed by atoms with Crippen LogP contribution in [0.5, 0.6) is 0 Å². The van der Waals surface area contributed by atoms with E-state index < -0.39 is 23.8 Å². The maximum atomic E-state index is 11.9. The van der Waals surface area contributed by atoms with Gasteiger partial charge in [0.05, 0.1) is 6.42 Å². The zero-order valence-corrected chi connectivity index (χ0v) is 15.4. The fourth-order valence-corrected chi connectivity index (χ4v) is 2.91. The van der Waals surface area contributed by atoms with Gasteiger partial charge in [-0.3, -0.25) is 14.4 Å². The summed E-state index contributed by atoms with van der Waals surface area (Å²) < 4.78 is 0. The van der Waals surface area contributed by atoms with E-state index in [-0.39, 0.29) is 19.3 Å². The first-order valence-electron chi connectivity index (χ1n) is 8.48. The van der Waals surface area contributed by atoms with Gasteiger partial charge in [-0.1, -0.05) is 48.0 Å². The van der Waals surface area contributed by atoms with Gasteiger partial charge < -0.3 is 16.2 Å². The fourth-order valence-electron chi connectivity index (χ4n) is 2.72. The summed E-state index contributed by atoms with van der Waals surface area (Å²) in [6.45, 7) is 0. The van der Waals surface area contributed by atoms with Gasteiger partial charge >= 0.3 is 5.97 Å². The molecule has 0 saturated carbocycles. The normalized spacial score (nSPS) is 11.6. The molecular formula is C20H21ClN2O4. The number of hydrogen-bond donors (Lipinski definition) is 3. The van der Waals surface area contributed by atoms with Gasteiger partial charge in [0.2, 0.25) is 11.8 Å². The number of amides is 2. The van der Waals surface area contributed by atoms with Crippen LogP contribution in [0, 0.1) is 0 Å². The molecule has 1 unspecified atom stereocenters. The molecule has 0 fully saturated rings. The Kier molecular flexibility index (Phi) is 7.37. The molecule has 0 aliphatic rings. The van der Waals surface area contributed by atoms with Crippen LogP contribution in [0.4, 0.5) is 0 Å². The Morgan fingerprint density at radius 2 is 1.74 bits per heavy atom. The van der Waals surface area contributed by atoms with Gasteiger partial charge in [-0.05, 0) is 35.2 Å². The fraction of sp³-hybridized carbons (Fsp3) is 0.250. The summed E-state index contributed by atoms with van der Waals surface area (Å²) in [5.41, 5.74) is 8.17. The van der Waals surface area contributed by atoms with Gasteiger partial charge in [-0.15, -0.1) is 0 Å². The van der Waals surface area contributed by atoms with Crippen LogP contribution in [-0.2, 0) is 20.8 Å². The second kappa shape index (κ2) is 9.73. The summed E-state index contributed by atoms with van der Waals surface area (Å²) in [6.07, 6.45) is -0.00576. The van der Waals surface area contributed by atoms with E-state index in [2.05, 4.69) is 5.32 Å². The Hall–Kier alpha value is -2.86. The number of carboxylic acid groups (broad SMARTS) is 1. The Labute approximate surface area is 162 Å². The van der Waals surface area contributed by atoms with Crippen LogP contribution in [-0.4, -0.2) is 28.9 Å². The van der Waals surface area contributed by atoms with E-state index in [1.165, 1.54) is 0 Å². The molecule has 2 amide bonds. The number of hydrogen-bond acceptors (Lipinski definition) is 3. The molecule has 0 spiro atoms. The van der Waals surface area contributed by atoms with Crippen LogP contribution >= 0.6 is 11.6 Å². The first-order chi connectivity index (χ1) is 12.8. The van der Waals surface area contributed by atoms with Crippen LogP contribution in [0.3, 0.4) is 0 Å². The van der Waals surface area contributed by atoms with Gasteiger partial charge in [0, 0.05) is 23.9 Å². The minimum Gasteiger partial charge on any atom is -0.481 e. The maximum absolute atomic E-state index is 11.9. The molecule has 0 heterocycles. The zero-order chi connectivity index (χ0) is 19.8. The van der Waals surface area contributed by atoms with Crippen LogP contribution in [0.15, 0.2) is 48.5 Å². The van der Waals surface area contributed by atoms with Crippen molar-refractivity contribution in [1.29, 1.82) is 0 Å². The molecule has 6 nitrogen and oxygen atoms in total. The topological polar surface area (TPSA) is 109 Å². The first kappa shape index (κ1) is 20.5. The SMILES string of the molecule is NC(=O)CC(Cc1ccc(-c2cccc(Cl)c2)cc1)NC(=O)CCC(=O)O. The second-order valence-electron chi connectivity index (χ2n) is 6.24. The summed E-state index contributed by atoms with van der Waals surface area (Å²) in [5.74, 6) is -2.00. The highest BCUT2D eigenvalue weighted by molar-refractivity contribution is 6.30. The van der Waals surface area contributed by atoms with E-state index in [4.69, 9.17) is 22.4 Å². The van der Waals surface area contributed by atoms with Crippen LogP contribution in [0.25, 0.3) is 11.1 Å². The molecule has 7 heteroatoms. The highest BCUT2D eigenvalue weighted by Gasteiger charge is 2.16. The van der Waals surface area contributed by atoms with Crippen molar-refractivity contribution >= 4 is 29.4 Å². The minimum atomic E-state index is -1.05. The number of primary amides is 1. The molecule has 27 heavy (non-hydrogen) atoms. The van der Waals surface area contributed by atoms with Crippen molar-refractivity contribution < 1.29 is 19.5 Å². The average molecular weight is 389 g/mol. The van der Waals surface area contributed by atoms with E-state index in [1.54, 1.807) is 6.07 Å². The van der Waals surface area contributed by atoms with Crippen molar-refractivity contribution in [2.75, 3.05) is 0 Å². The third-order valence-electron chi connectivity index (χ3n) is 3.97. The van der Waals surface area contributed by atoms with Crippen molar-refractivity contribution in [1.82, 2.24) is 5.32 Å². The Morgan fingerprint density at radius 3 is 2.33 bits per heavy atom. The van der Waals surface area contributed by atoms with Gasteiger partial charge in [0.1, 0.15) is 0 Å². The molecular weight excluding hydrogens is 368 g/mol. The number of halogens is 1. The number of carbonyl (C=O) groups is 3. The summed E-state index contributed by atoms with van der Waals surface area (Å²) >= 11 is 6.02. The Morgan fingerprint density at radius 1 is 1.04 bits per heavy atom. The molecule has 0 bridgehead atoms. The monoisotopic (exact) mass is 388 g/mol. The minimum absolute atomic E-state index is 0.0190. The van der Waals surface area contributed by atoms with Crippen molar-refractivity contribution in [3.8, 4) is 11.1 Å². The van der Waals surface area contributed by atoms with Crippen LogP contribution < -0.4 is 11.1 Å². The molecule has 0 saturated heterocycles. The van der Waals surface area contributed by atoms with Crippen molar-refractivity contribution in [3.63, 3.8) is 0 Å². The highest BCUT2D eigenvalue weighted by atomic mass is 35.5. The Balaban J connectivity index is 2.04. The number of carbonyl (C=O) groups excluding carboxylic acids is 2. The lowest BCUT2D eigenvalue weighted by Gasteiger charge is -2.17. The second-order valence-corrected chi connectivity index (χ2v) is 6.68. The standard InChI is InChI=1S/C20H21ClN2O4/c21-16-3-1-2-15(11-16)14-6-4-13(5-7-14)10-17(12-18(22)24)23-19(25)8-9-20(26)27/h1-7,11,17H,8-10,12H2,(H2,22,24)(H,23,25)(H,26,27). The molecule has 2 aromatic carbocycles. The quantitative estimate of drug-likeness (QED) is 0.613. The average Bonchev–Trinajstić information content (AvgIpc) is 2.60. The van der Waals surface area contributed by atoms with E-state index in [0.29, 0.717) is 11.4 Å². The van der Waals surface area contributed by atoms with Gasteiger partial charge in [0.15, 0.2) is 0 Å². The van der Waals surface area contributed by atoms with Gasteiger partial charge in [-0.25, -0.2) is 0 Å². The maximum Gasteiger partial charge on any atom is 0.303 e. The number of rotatable bonds is 9. The molecule has 0 radical (unpaired) electrons. The van der Waals surface area contributed by atoms with Crippen molar-refractivity contribution in [3.05, 3.63) is 59.1 Å². The molecule has 2 aromatic rings. The van der Waals surface area contributed by atoms with Gasteiger partial charge in [-0.2, -0.15) is 0 Å². The molecule has 142 valence electrons. The number of carboxylic acids is 1. The summed E-state index contributed by atoms with van der Waals surface area (Å²) in [7, 11) is 0. The molecule has 0 aromatic heterocycles. The number of nitrogens with one attached hydrogen (secondary N) is 1. The predicted molar refractivity (Wildman–Crippen MR) is 103 cm³/mol. The van der Waals surface area contributed by atoms with Crippen LogP contribution in [0.1, 0.15) is 24.8 Å². The predicted octanol–water partition coefficient (Wildman–Crippen LogP) is 2.77. The first-order valence-corrected chi connectivity index (χ1v) is 8.85. The van der Waals surface area contributed by atoms with Crippen molar-refractivity contribution in [2.24, 2.45) is 5.73 Å². The van der Waals surface area contributed by atoms with Crippen molar-refractivity contribution in [2.45, 2.75) is 31.7 Å². The summed E-state index contributed by atoms with van der Waals surface area (Å²) in [6, 6.07) is 14.7. The lowest BCUT2D eigenvalue weighted by Crippen LogP contribution is -2.39. The summed E-state index contributed by atoms with van der Waals surface area (Å²) in [5, 5.41) is 12.0. The van der Waals surface area contributed by atoms with Gasteiger partial charge in [0.25, 0.3) is 0 Å². The smallest absolute Gasteiger partial charge is 0.303 e. The van der Waals surface area contributed by atoms with E-state index >= 15 is 0 Å². The zero-order valence-electron chi connectivity index (χ0n) is 14.7. The lowest BCUT2D eigenvalue weighted by atomic mass is 9.99. The number of aliphatic carboxylic acids is 1. The molecule has 0 aliphatic carbocycles. The molecule has 2 rings (SSSR count). The van der Waals surface area contributed by atoms with E-state index in [0.717, 1.165) is 16.7 Å². The third kappa shape index (κ3) is 7.11.